The molecule has 0 fully saturated rings. The van der Waals surface area contributed by atoms with Crippen molar-refractivity contribution in [3.63, 3.8) is 0 Å². The van der Waals surface area contributed by atoms with Gasteiger partial charge in [-0.15, -0.1) is 0 Å². The van der Waals surface area contributed by atoms with Crippen LogP contribution in [-0.4, -0.2) is 22.1 Å². The van der Waals surface area contributed by atoms with E-state index in [2.05, 4.69) is 10.4 Å². The number of nitrogens with zero attached hydrogens (tertiary/aromatic N) is 2. The van der Waals surface area contributed by atoms with E-state index in [1.54, 1.807) is 18.3 Å². The molecule has 0 atom stereocenters. The monoisotopic (exact) mass is 244 g/mol. The second kappa shape index (κ2) is 5.35. The Kier molecular flexibility index (Phi) is 3.62. The number of anilines is 2. The minimum Gasteiger partial charge on any atom is -0.398 e. The van der Waals surface area contributed by atoms with E-state index in [1.165, 1.54) is 6.92 Å². The number of benzene rings is 1. The van der Waals surface area contributed by atoms with Gasteiger partial charge in [0.2, 0.25) is 0 Å². The summed E-state index contributed by atoms with van der Waals surface area (Å²) in [4.78, 5) is 11.2. The van der Waals surface area contributed by atoms with Crippen LogP contribution in [0.1, 0.15) is 17.3 Å². The molecule has 0 aliphatic carbocycles. The number of Topliss-reactive ketones (excluding diaryl/α,β-unsaturated/α-hetero) is 1. The predicted molar refractivity (Wildman–Crippen MR) is 71.6 cm³/mol. The molecule has 18 heavy (non-hydrogen) atoms. The van der Waals surface area contributed by atoms with Crippen molar-refractivity contribution in [2.75, 3.05) is 17.6 Å². The third-order valence-corrected chi connectivity index (χ3v) is 2.66. The number of nitrogens with one attached hydrogen (secondary N) is 1. The molecular weight excluding hydrogens is 228 g/mol. The number of hydrogen-bond acceptors (Lipinski definition) is 4. The molecule has 0 aliphatic heterocycles. The Hall–Kier alpha value is -2.30. The van der Waals surface area contributed by atoms with Gasteiger partial charge >= 0.3 is 0 Å². The van der Waals surface area contributed by atoms with E-state index in [0.29, 0.717) is 11.3 Å². The summed E-state index contributed by atoms with van der Waals surface area (Å²) >= 11 is 0. The number of nitrogen functional groups attached to an aromatic ring is 1. The number of carbonyl (C=O) groups excluding carboxylic acids is 1. The van der Waals surface area contributed by atoms with Gasteiger partial charge in [0.05, 0.1) is 6.54 Å². The smallest absolute Gasteiger partial charge is 0.161 e. The van der Waals surface area contributed by atoms with Crippen LogP contribution in [0.15, 0.2) is 36.7 Å². The van der Waals surface area contributed by atoms with Crippen molar-refractivity contribution in [3.8, 4) is 0 Å². The lowest BCUT2D eigenvalue weighted by Crippen LogP contribution is -2.11. The molecule has 5 heteroatoms. The largest absolute Gasteiger partial charge is 0.398 e. The minimum atomic E-state index is -0.0180. The molecule has 3 N–H and O–H groups in total. The average Bonchev–Trinajstić information content (AvgIpc) is 2.81. The topological polar surface area (TPSA) is 72.9 Å². The number of aromatic nitrogens is 2. The van der Waals surface area contributed by atoms with Crippen molar-refractivity contribution in [2.24, 2.45) is 0 Å². The highest BCUT2D eigenvalue weighted by molar-refractivity contribution is 5.99. The fourth-order valence-electron chi connectivity index (χ4n) is 1.74. The van der Waals surface area contributed by atoms with Gasteiger partial charge in [0, 0.05) is 35.9 Å². The van der Waals surface area contributed by atoms with Crippen LogP contribution in [-0.2, 0) is 6.54 Å². The molecule has 0 aliphatic rings. The highest BCUT2D eigenvalue weighted by atomic mass is 16.1. The first kappa shape index (κ1) is 12.2. The Balaban J connectivity index is 1.94. The highest BCUT2D eigenvalue weighted by Gasteiger charge is 2.04. The van der Waals surface area contributed by atoms with E-state index < -0.39 is 0 Å². The Morgan fingerprint density at radius 1 is 1.50 bits per heavy atom. The van der Waals surface area contributed by atoms with E-state index in [1.807, 2.05) is 23.0 Å². The zero-order chi connectivity index (χ0) is 13.0. The zero-order valence-corrected chi connectivity index (χ0v) is 10.3. The van der Waals surface area contributed by atoms with Gasteiger partial charge in [-0.2, -0.15) is 5.10 Å². The van der Waals surface area contributed by atoms with Crippen LogP contribution in [0.2, 0.25) is 0 Å². The summed E-state index contributed by atoms with van der Waals surface area (Å²) in [5.41, 5.74) is 7.79. The highest BCUT2D eigenvalue weighted by Crippen LogP contribution is 2.18. The molecule has 0 saturated carbocycles. The molecule has 0 saturated heterocycles. The van der Waals surface area contributed by atoms with Gasteiger partial charge in [-0.25, -0.2) is 0 Å². The van der Waals surface area contributed by atoms with Crippen molar-refractivity contribution in [1.29, 1.82) is 0 Å². The molecule has 0 radical (unpaired) electrons. The van der Waals surface area contributed by atoms with Crippen LogP contribution in [0.5, 0.6) is 0 Å². The van der Waals surface area contributed by atoms with Crippen molar-refractivity contribution in [1.82, 2.24) is 9.78 Å². The summed E-state index contributed by atoms with van der Waals surface area (Å²) in [6.07, 6.45) is 3.66. The molecule has 5 nitrogen and oxygen atoms in total. The van der Waals surface area contributed by atoms with E-state index >= 15 is 0 Å². The van der Waals surface area contributed by atoms with E-state index in [0.717, 1.165) is 18.8 Å². The lowest BCUT2D eigenvalue weighted by molar-refractivity contribution is 0.101. The average molecular weight is 244 g/mol. The molecule has 2 aromatic rings. The Morgan fingerprint density at radius 3 is 2.94 bits per heavy atom. The zero-order valence-electron chi connectivity index (χ0n) is 10.3. The second-order valence-electron chi connectivity index (χ2n) is 4.05. The summed E-state index contributed by atoms with van der Waals surface area (Å²) < 4.78 is 1.85. The number of hydrogen-bond donors (Lipinski definition) is 2. The SMILES string of the molecule is CC(=O)c1ccc(NCCn2cccn2)cc1N. The quantitative estimate of drug-likeness (QED) is 0.621. The molecule has 1 aromatic heterocycles. The number of rotatable bonds is 5. The fourth-order valence-corrected chi connectivity index (χ4v) is 1.74. The van der Waals surface area contributed by atoms with Gasteiger partial charge in [0.1, 0.15) is 0 Å². The first-order chi connectivity index (χ1) is 8.66. The minimum absolute atomic E-state index is 0.0180. The van der Waals surface area contributed by atoms with Gasteiger partial charge in [0.25, 0.3) is 0 Å². The fraction of sp³-hybridized carbons (Fsp3) is 0.231. The summed E-state index contributed by atoms with van der Waals surface area (Å²) in [6.45, 7) is 3.04. The molecule has 0 unspecified atom stereocenters. The summed E-state index contributed by atoms with van der Waals surface area (Å²) in [7, 11) is 0. The van der Waals surface area contributed by atoms with Crippen molar-refractivity contribution in [2.45, 2.75) is 13.5 Å². The molecule has 1 aromatic carbocycles. The van der Waals surface area contributed by atoms with E-state index in [-0.39, 0.29) is 5.78 Å². The maximum absolute atomic E-state index is 11.2. The number of ketones is 1. The van der Waals surface area contributed by atoms with E-state index in [4.69, 9.17) is 5.73 Å². The van der Waals surface area contributed by atoms with E-state index in [9.17, 15) is 4.79 Å². The number of nitrogens with two attached hydrogens (primary N) is 1. The standard InChI is InChI=1S/C13H16N4O/c1-10(18)12-4-3-11(9-13(12)14)15-6-8-17-7-2-5-16-17/h2-5,7,9,15H,6,8,14H2,1H3. The second-order valence-corrected chi connectivity index (χ2v) is 4.05. The lowest BCUT2D eigenvalue weighted by Gasteiger charge is -2.09. The van der Waals surface area contributed by atoms with Gasteiger partial charge in [-0.1, -0.05) is 0 Å². The first-order valence-electron chi connectivity index (χ1n) is 5.78. The van der Waals surface area contributed by atoms with Gasteiger partial charge in [-0.3, -0.25) is 9.48 Å². The Morgan fingerprint density at radius 2 is 2.33 bits per heavy atom. The maximum Gasteiger partial charge on any atom is 0.161 e. The molecular formula is C13H16N4O. The van der Waals surface area contributed by atoms with Crippen LogP contribution >= 0.6 is 0 Å². The maximum atomic E-state index is 11.2. The van der Waals surface area contributed by atoms with Crippen LogP contribution in [0.4, 0.5) is 11.4 Å². The van der Waals surface area contributed by atoms with Crippen LogP contribution < -0.4 is 11.1 Å². The van der Waals surface area contributed by atoms with Crippen molar-refractivity contribution < 1.29 is 4.79 Å². The Labute approximate surface area is 106 Å². The molecule has 1 heterocycles. The molecule has 2 rings (SSSR count). The van der Waals surface area contributed by atoms with Crippen LogP contribution in [0.25, 0.3) is 0 Å². The molecule has 0 amide bonds. The summed E-state index contributed by atoms with van der Waals surface area (Å²) in [6, 6.07) is 7.27. The number of carbonyl (C=O) groups is 1. The summed E-state index contributed by atoms with van der Waals surface area (Å²) in [5.74, 6) is -0.0180. The van der Waals surface area contributed by atoms with Gasteiger partial charge < -0.3 is 11.1 Å². The van der Waals surface area contributed by atoms with Gasteiger partial charge in [-0.05, 0) is 31.2 Å². The third kappa shape index (κ3) is 2.88. The normalized spacial score (nSPS) is 10.3. The predicted octanol–water partition coefficient (Wildman–Crippen LogP) is 1.78. The molecule has 0 bridgehead atoms. The third-order valence-electron chi connectivity index (χ3n) is 2.66. The van der Waals surface area contributed by atoms with Crippen LogP contribution in [0, 0.1) is 0 Å². The summed E-state index contributed by atoms with van der Waals surface area (Å²) in [5, 5.41) is 7.35. The van der Waals surface area contributed by atoms with Crippen molar-refractivity contribution in [3.05, 3.63) is 42.2 Å². The van der Waals surface area contributed by atoms with Crippen LogP contribution in [0.3, 0.4) is 0 Å². The molecule has 94 valence electrons. The lowest BCUT2D eigenvalue weighted by atomic mass is 10.1. The van der Waals surface area contributed by atoms with Gasteiger partial charge in [0.15, 0.2) is 5.78 Å². The van der Waals surface area contributed by atoms with Crippen molar-refractivity contribution >= 4 is 17.2 Å². The Bertz CT molecular complexity index is 534. The molecule has 0 spiro atoms. The first-order valence-corrected chi connectivity index (χ1v) is 5.78.